The Kier molecular flexibility index (Phi) is 2.02. The topological polar surface area (TPSA) is 69.9 Å². The first-order valence-electron chi connectivity index (χ1n) is 2.86. The third-order valence-corrected chi connectivity index (χ3v) is 1.35. The van der Waals surface area contributed by atoms with E-state index in [4.69, 9.17) is 15.3 Å². The van der Waals surface area contributed by atoms with Crippen molar-refractivity contribution in [2.75, 3.05) is 6.61 Å². The molecule has 0 aromatic rings. The van der Waals surface area contributed by atoms with Gasteiger partial charge in [-0.1, -0.05) is 0 Å². The second-order valence-corrected chi connectivity index (χ2v) is 2.16. The van der Waals surface area contributed by atoms with E-state index < -0.39 is 18.5 Å². The zero-order valence-corrected chi connectivity index (χ0v) is 4.90. The van der Waals surface area contributed by atoms with Crippen LogP contribution in [0.4, 0.5) is 0 Å². The fraction of sp³-hybridized carbons (Fsp3) is 1.00. The molecule has 0 radical (unpaired) electrons. The van der Waals surface area contributed by atoms with Gasteiger partial charge in [-0.3, -0.25) is 0 Å². The van der Waals surface area contributed by atoms with Gasteiger partial charge in [0.1, 0.15) is 6.10 Å². The number of hydrogen-bond acceptors (Lipinski definition) is 4. The van der Waals surface area contributed by atoms with Gasteiger partial charge in [-0.2, -0.15) is 0 Å². The van der Waals surface area contributed by atoms with E-state index in [0.29, 0.717) is 0 Å². The average molecular weight is 134 g/mol. The van der Waals surface area contributed by atoms with E-state index >= 15 is 0 Å². The maximum atomic E-state index is 8.86. The van der Waals surface area contributed by atoms with Crippen molar-refractivity contribution in [2.45, 2.75) is 24.9 Å². The predicted molar refractivity (Wildman–Crippen MR) is 28.6 cm³/mol. The molecular formula is C5H10O4. The normalized spacial score (nSPS) is 45.0. The van der Waals surface area contributed by atoms with E-state index in [1.807, 2.05) is 0 Å². The molecule has 0 amide bonds. The minimum Gasteiger partial charge on any atom is -0.390 e. The molecule has 1 saturated heterocycles. The summed E-state index contributed by atoms with van der Waals surface area (Å²) < 4.78 is 4.61. The molecule has 4 heteroatoms. The molecule has 1 aliphatic heterocycles. The summed E-state index contributed by atoms with van der Waals surface area (Å²) in [7, 11) is 0. The Morgan fingerprint density at radius 3 is 2.22 bits per heavy atom. The SMILES string of the molecule is OC1C[C@@H](O)[C@@H](O)CO1. The van der Waals surface area contributed by atoms with E-state index in [1.165, 1.54) is 0 Å². The zero-order valence-electron chi connectivity index (χ0n) is 4.90. The van der Waals surface area contributed by atoms with Crippen molar-refractivity contribution in [1.82, 2.24) is 0 Å². The van der Waals surface area contributed by atoms with Crippen molar-refractivity contribution in [1.29, 1.82) is 0 Å². The summed E-state index contributed by atoms with van der Waals surface area (Å²) >= 11 is 0. The van der Waals surface area contributed by atoms with Gasteiger partial charge in [-0.05, 0) is 0 Å². The Morgan fingerprint density at radius 1 is 1.11 bits per heavy atom. The van der Waals surface area contributed by atoms with Crippen LogP contribution in [0.25, 0.3) is 0 Å². The fourth-order valence-electron chi connectivity index (χ4n) is 0.752. The van der Waals surface area contributed by atoms with Crippen LogP contribution < -0.4 is 0 Å². The van der Waals surface area contributed by atoms with E-state index in [-0.39, 0.29) is 13.0 Å². The second kappa shape index (κ2) is 2.62. The van der Waals surface area contributed by atoms with Crippen LogP contribution in [0.1, 0.15) is 6.42 Å². The molecule has 1 unspecified atom stereocenters. The van der Waals surface area contributed by atoms with Crippen molar-refractivity contribution in [3.63, 3.8) is 0 Å². The molecule has 0 saturated carbocycles. The lowest BCUT2D eigenvalue weighted by molar-refractivity contribution is -0.193. The predicted octanol–water partition coefficient (Wildman–Crippen LogP) is -1.55. The van der Waals surface area contributed by atoms with Gasteiger partial charge in [0.05, 0.1) is 12.7 Å². The van der Waals surface area contributed by atoms with Crippen molar-refractivity contribution in [2.24, 2.45) is 0 Å². The molecule has 4 nitrogen and oxygen atoms in total. The number of aliphatic hydroxyl groups excluding tert-OH is 3. The molecule has 3 N–H and O–H groups in total. The lowest BCUT2D eigenvalue weighted by Crippen LogP contribution is -2.40. The second-order valence-electron chi connectivity index (χ2n) is 2.16. The van der Waals surface area contributed by atoms with Gasteiger partial charge in [0.15, 0.2) is 6.29 Å². The van der Waals surface area contributed by atoms with E-state index in [0.717, 1.165) is 0 Å². The van der Waals surface area contributed by atoms with Gasteiger partial charge < -0.3 is 20.1 Å². The Hall–Kier alpha value is -0.160. The largest absolute Gasteiger partial charge is 0.390 e. The third-order valence-electron chi connectivity index (χ3n) is 1.35. The maximum Gasteiger partial charge on any atom is 0.157 e. The van der Waals surface area contributed by atoms with Crippen molar-refractivity contribution in [3.05, 3.63) is 0 Å². The number of ether oxygens (including phenoxy) is 1. The lowest BCUT2D eigenvalue weighted by Gasteiger charge is -2.26. The summed E-state index contributed by atoms with van der Waals surface area (Å²) in [5.74, 6) is 0. The van der Waals surface area contributed by atoms with E-state index in [2.05, 4.69) is 4.74 Å². The minimum atomic E-state index is -0.914. The van der Waals surface area contributed by atoms with Gasteiger partial charge >= 0.3 is 0 Å². The molecular weight excluding hydrogens is 124 g/mol. The number of rotatable bonds is 0. The first-order chi connectivity index (χ1) is 4.20. The number of hydrogen-bond donors (Lipinski definition) is 3. The first kappa shape index (κ1) is 6.95. The summed E-state index contributed by atoms with van der Waals surface area (Å²) in [5.41, 5.74) is 0. The summed E-state index contributed by atoms with van der Waals surface area (Å²) in [6.45, 7) is 0.0162. The van der Waals surface area contributed by atoms with Crippen molar-refractivity contribution >= 4 is 0 Å². The van der Waals surface area contributed by atoms with Gasteiger partial charge in [-0.15, -0.1) is 0 Å². The maximum absolute atomic E-state index is 8.86. The van der Waals surface area contributed by atoms with Crippen molar-refractivity contribution < 1.29 is 20.1 Å². The highest BCUT2D eigenvalue weighted by Crippen LogP contribution is 2.11. The van der Waals surface area contributed by atoms with Crippen molar-refractivity contribution in [3.8, 4) is 0 Å². The highest BCUT2D eigenvalue weighted by Gasteiger charge is 2.26. The molecule has 0 spiro atoms. The summed E-state index contributed by atoms with van der Waals surface area (Å²) in [6, 6.07) is 0. The molecule has 1 rings (SSSR count). The van der Waals surface area contributed by atoms with Crippen LogP contribution in [-0.4, -0.2) is 40.4 Å². The van der Waals surface area contributed by atoms with Crippen LogP contribution in [0.2, 0.25) is 0 Å². The van der Waals surface area contributed by atoms with E-state index in [1.54, 1.807) is 0 Å². The van der Waals surface area contributed by atoms with Gasteiger partial charge in [0.2, 0.25) is 0 Å². The Bertz CT molecular complexity index is 95.0. The summed E-state index contributed by atoms with van der Waals surface area (Å²) in [6.07, 6.45) is -2.49. The molecule has 54 valence electrons. The zero-order chi connectivity index (χ0) is 6.85. The smallest absolute Gasteiger partial charge is 0.157 e. The van der Waals surface area contributed by atoms with Crippen LogP contribution in [0.5, 0.6) is 0 Å². The summed E-state index contributed by atoms with van der Waals surface area (Å²) in [5, 5.41) is 26.4. The average Bonchev–Trinajstić information content (AvgIpc) is 1.80. The van der Waals surface area contributed by atoms with Crippen LogP contribution in [0, 0.1) is 0 Å². The quantitative estimate of drug-likeness (QED) is 0.375. The monoisotopic (exact) mass is 134 g/mol. The first-order valence-corrected chi connectivity index (χ1v) is 2.86. The van der Waals surface area contributed by atoms with Gasteiger partial charge in [0, 0.05) is 6.42 Å². The standard InChI is InChI=1S/C5H10O4/c6-3-1-5(8)9-2-4(3)7/h3-8H,1-2H2/t3-,4+,5?/m1/s1. The van der Waals surface area contributed by atoms with Crippen LogP contribution in [-0.2, 0) is 4.74 Å². The van der Waals surface area contributed by atoms with Gasteiger partial charge in [0.25, 0.3) is 0 Å². The summed E-state index contributed by atoms with van der Waals surface area (Å²) in [4.78, 5) is 0. The van der Waals surface area contributed by atoms with E-state index in [9.17, 15) is 0 Å². The van der Waals surface area contributed by atoms with Gasteiger partial charge in [-0.25, -0.2) is 0 Å². The molecule has 0 bridgehead atoms. The molecule has 3 atom stereocenters. The molecule has 1 heterocycles. The Morgan fingerprint density at radius 2 is 1.78 bits per heavy atom. The fourth-order valence-corrected chi connectivity index (χ4v) is 0.752. The molecule has 0 aromatic carbocycles. The van der Waals surface area contributed by atoms with Crippen LogP contribution in [0.3, 0.4) is 0 Å². The minimum absolute atomic E-state index is 0.0162. The number of aliphatic hydroxyl groups is 3. The highest BCUT2D eigenvalue weighted by molar-refractivity contribution is 4.72. The highest BCUT2D eigenvalue weighted by atomic mass is 16.6. The lowest BCUT2D eigenvalue weighted by atomic mass is 10.1. The van der Waals surface area contributed by atoms with Crippen LogP contribution >= 0.6 is 0 Å². The Labute approximate surface area is 52.7 Å². The molecule has 1 fully saturated rings. The molecule has 0 aliphatic carbocycles. The van der Waals surface area contributed by atoms with Crippen LogP contribution in [0.15, 0.2) is 0 Å². The Balaban J connectivity index is 2.35. The molecule has 9 heavy (non-hydrogen) atoms. The molecule has 0 aromatic heterocycles. The third kappa shape index (κ3) is 1.62. The molecule has 1 aliphatic rings.